The van der Waals surface area contributed by atoms with Crippen LogP contribution in [0, 0.1) is 40.7 Å². The van der Waals surface area contributed by atoms with Crippen LogP contribution >= 0.6 is 0 Å². The highest BCUT2D eigenvalue weighted by Crippen LogP contribution is 2.32. The maximum atomic E-state index is 14.3. The molecule has 10 heteroatoms. The van der Waals surface area contributed by atoms with Gasteiger partial charge in [0, 0.05) is 6.54 Å². The van der Waals surface area contributed by atoms with Crippen LogP contribution in [-0.4, -0.2) is 16.5 Å². The van der Waals surface area contributed by atoms with Crippen molar-refractivity contribution in [2.75, 3.05) is 11.9 Å². The summed E-state index contributed by atoms with van der Waals surface area (Å²) in [5.41, 5.74) is -5.26. The van der Waals surface area contributed by atoms with Crippen LogP contribution in [0.2, 0.25) is 0 Å². The van der Waals surface area contributed by atoms with Crippen molar-refractivity contribution in [1.82, 2.24) is 9.97 Å². The fourth-order valence-corrected chi connectivity index (χ4v) is 2.21. The first-order valence-corrected chi connectivity index (χ1v) is 6.53. The maximum Gasteiger partial charge on any atom is 0.199 e. The summed E-state index contributed by atoms with van der Waals surface area (Å²) in [6.07, 6.45) is 0. The smallest absolute Gasteiger partial charge is 0.199 e. The first-order chi connectivity index (χ1) is 11.3. The third-order valence-corrected chi connectivity index (χ3v) is 3.29. The van der Waals surface area contributed by atoms with Gasteiger partial charge in [-0.15, -0.1) is 0 Å². The van der Waals surface area contributed by atoms with E-state index in [4.69, 9.17) is 0 Å². The lowest BCUT2D eigenvalue weighted by atomic mass is 10.2. The van der Waals surface area contributed by atoms with Gasteiger partial charge < -0.3 is 5.32 Å². The van der Waals surface area contributed by atoms with E-state index in [1.54, 1.807) is 0 Å². The van der Waals surface area contributed by atoms with Gasteiger partial charge in [-0.3, -0.25) is 0 Å². The van der Waals surface area contributed by atoms with Gasteiger partial charge in [0.05, 0.1) is 0 Å². The van der Waals surface area contributed by atoms with Gasteiger partial charge >= 0.3 is 0 Å². The average molecular weight is 349 g/mol. The van der Waals surface area contributed by atoms with Gasteiger partial charge in [0.2, 0.25) is 0 Å². The van der Waals surface area contributed by atoms with Gasteiger partial charge in [0.15, 0.2) is 40.7 Å². The Morgan fingerprint density at radius 3 is 1.38 bits per heavy atom. The number of benzene rings is 2. The molecular formula is C14H6F7N3. The largest absolute Gasteiger partial charge is 0.380 e. The molecule has 0 aliphatic carbocycles. The number of nitrogens with zero attached hydrogens (tertiary/aromatic N) is 2. The molecule has 1 aromatic heterocycles. The number of hydrogen-bond acceptors (Lipinski definition) is 3. The molecule has 2 aromatic carbocycles. The van der Waals surface area contributed by atoms with Gasteiger partial charge in [0.1, 0.15) is 27.8 Å². The molecular weight excluding hydrogens is 343 g/mol. The van der Waals surface area contributed by atoms with E-state index in [0.29, 0.717) is 0 Å². The molecule has 0 saturated carbocycles. The topological polar surface area (TPSA) is 37.8 Å². The fraction of sp³-hybridized carbons (Fsp3) is 0.143. The van der Waals surface area contributed by atoms with Crippen molar-refractivity contribution in [3.63, 3.8) is 0 Å². The molecule has 0 fully saturated rings. The second-order valence-electron chi connectivity index (χ2n) is 4.72. The van der Waals surface area contributed by atoms with Crippen molar-refractivity contribution in [2.45, 2.75) is 6.92 Å². The molecule has 0 spiro atoms. The van der Waals surface area contributed by atoms with Crippen molar-refractivity contribution in [3.05, 3.63) is 40.7 Å². The molecule has 0 radical (unpaired) electrons. The van der Waals surface area contributed by atoms with E-state index in [1.807, 2.05) is 0 Å². The Balaban J connectivity index is 2.55. The van der Waals surface area contributed by atoms with E-state index in [9.17, 15) is 30.7 Å². The predicted octanol–water partition coefficient (Wildman–Crippen LogP) is 4.19. The Labute approximate surface area is 129 Å². The van der Waals surface area contributed by atoms with Crippen LogP contribution in [0.3, 0.4) is 0 Å². The van der Waals surface area contributed by atoms with Crippen LogP contribution in [-0.2, 0) is 0 Å². The quantitative estimate of drug-likeness (QED) is 0.326. The molecule has 0 aliphatic heterocycles. The molecule has 1 heterocycles. The lowest BCUT2D eigenvalue weighted by molar-refractivity contribution is 0.416. The Morgan fingerprint density at radius 1 is 0.583 bits per heavy atom. The minimum atomic E-state index is -2.20. The molecule has 0 aliphatic rings. The fourth-order valence-electron chi connectivity index (χ4n) is 2.21. The molecule has 3 rings (SSSR count). The molecule has 0 bridgehead atoms. The summed E-state index contributed by atoms with van der Waals surface area (Å²) in [7, 11) is 0. The maximum absolute atomic E-state index is 14.3. The van der Waals surface area contributed by atoms with Gasteiger partial charge in [0.25, 0.3) is 0 Å². The highest BCUT2D eigenvalue weighted by molar-refractivity contribution is 5.89. The highest BCUT2D eigenvalue weighted by atomic mass is 19.2. The average Bonchev–Trinajstić information content (AvgIpc) is 2.58. The summed E-state index contributed by atoms with van der Waals surface area (Å²) < 4.78 is 96.1. The van der Waals surface area contributed by atoms with Gasteiger partial charge in [-0.25, -0.2) is 40.7 Å². The summed E-state index contributed by atoms with van der Waals surface area (Å²) in [4.78, 5) is 6.47. The molecule has 1 N–H and O–H groups in total. The first kappa shape index (κ1) is 16.2. The normalized spacial score (nSPS) is 11.5. The van der Waals surface area contributed by atoms with Crippen molar-refractivity contribution in [1.29, 1.82) is 0 Å². The molecule has 126 valence electrons. The van der Waals surface area contributed by atoms with Gasteiger partial charge in [-0.1, -0.05) is 0 Å². The Hall–Kier alpha value is -2.65. The molecule has 0 amide bonds. The first-order valence-electron chi connectivity index (χ1n) is 6.53. The third-order valence-electron chi connectivity index (χ3n) is 3.29. The second kappa shape index (κ2) is 5.46. The minimum Gasteiger partial charge on any atom is -0.380 e. The van der Waals surface area contributed by atoms with Gasteiger partial charge in [-0.05, 0) is 6.92 Å². The summed E-state index contributed by atoms with van der Waals surface area (Å²) in [6, 6.07) is 0. The van der Waals surface area contributed by atoms with Crippen molar-refractivity contribution in [3.8, 4) is 0 Å². The zero-order chi connectivity index (χ0) is 17.8. The van der Waals surface area contributed by atoms with Crippen LogP contribution in [0.25, 0.3) is 22.1 Å². The summed E-state index contributed by atoms with van der Waals surface area (Å²) in [6.45, 7) is 1.49. The van der Waals surface area contributed by atoms with E-state index in [-0.39, 0.29) is 6.54 Å². The minimum absolute atomic E-state index is 0.0165. The number of aromatic nitrogens is 2. The van der Waals surface area contributed by atoms with E-state index in [2.05, 4.69) is 15.3 Å². The molecule has 24 heavy (non-hydrogen) atoms. The summed E-state index contributed by atoms with van der Waals surface area (Å²) in [5.74, 6) is -13.0. The molecule has 3 nitrogen and oxygen atoms in total. The molecule has 0 atom stereocenters. The van der Waals surface area contributed by atoms with Crippen molar-refractivity contribution in [2.24, 2.45) is 0 Å². The highest BCUT2D eigenvalue weighted by Gasteiger charge is 2.27. The van der Waals surface area contributed by atoms with Crippen LogP contribution < -0.4 is 5.32 Å². The zero-order valence-corrected chi connectivity index (χ0v) is 11.7. The lowest BCUT2D eigenvalue weighted by Crippen LogP contribution is -2.09. The third kappa shape index (κ3) is 2.05. The number of halogens is 7. The molecule has 0 saturated heterocycles. The van der Waals surface area contributed by atoms with E-state index < -0.39 is 68.5 Å². The Bertz CT molecular complexity index is 1000. The number of rotatable bonds is 2. The summed E-state index contributed by atoms with van der Waals surface area (Å²) >= 11 is 0. The van der Waals surface area contributed by atoms with Crippen molar-refractivity contribution >= 4 is 27.8 Å². The van der Waals surface area contributed by atoms with Crippen LogP contribution in [0.4, 0.5) is 36.4 Å². The monoisotopic (exact) mass is 349 g/mol. The SMILES string of the molecule is CCNc1c(F)c(F)c2nc3c(F)c(F)c(F)c(F)c3nc2c1F. The summed E-state index contributed by atoms with van der Waals surface area (Å²) in [5, 5.41) is 2.21. The number of fused-ring (bicyclic) bond motifs is 2. The number of nitrogens with one attached hydrogen (secondary N) is 1. The van der Waals surface area contributed by atoms with Crippen LogP contribution in [0.15, 0.2) is 0 Å². The van der Waals surface area contributed by atoms with Crippen LogP contribution in [0.1, 0.15) is 6.92 Å². The second-order valence-corrected chi connectivity index (χ2v) is 4.72. The van der Waals surface area contributed by atoms with E-state index in [1.165, 1.54) is 6.92 Å². The van der Waals surface area contributed by atoms with Gasteiger partial charge in [-0.2, -0.15) is 0 Å². The zero-order valence-electron chi connectivity index (χ0n) is 11.7. The van der Waals surface area contributed by atoms with E-state index in [0.717, 1.165) is 0 Å². The lowest BCUT2D eigenvalue weighted by Gasteiger charge is -2.11. The van der Waals surface area contributed by atoms with Crippen LogP contribution in [0.5, 0.6) is 0 Å². The number of anilines is 1. The van der Waals surface area contributed by atoms with Crippen molar-refractivity contribution < 1.29 is 30.7 Å². The molecule has 0 unspecified atom stereocenters. The number of hydrogen-bond donors (Lipinski definition) is 1. The van der Waals surface area contributed by atoms with E-state index >= 15 is 0 Å². The Kier molecular flexibility index (Phi) is 3.69. The Morgan fingerprint density at radius 2 is 0.958 bits per heavy atom. The molecule has 3 aromatic rings. The standard InChI is InChI=1S/C14H6F7N3/c1-2-22-10-7(19)8(20)13-14(9(10)21)24-12-6(18)4(16)3(15)5(17)11(12)23-13/h22H,2H2,1H3. The predicted molar refractivity (Wildman–Crippen MR) is 70.9 cm³/mol.